The van der Waals surface area contributed by atoms with Gasteiger partial charge in [0.15, 0.2) is 5.84 Å². The van der Waals surface area contributed by atoms with E-state index in [4.69, 9.17) is 22.2 Å². The van der Waals surface area contributed by atoms with Gasteiger partial charge in [-0.2, -0.15) is 0 Å². The first-order valence-corrected chi connectivity index (χ1v) is 10.1. The summed E-state index contributed by atoms with van der Waals surface area (Å²) in [4.78, 5) is 42.6. The molecule has 0 radical (unpaired) electrons. The molecule has 0 aliphatic heterocycles. The quantitative estimate of drug-likeness (QED) is 0.256. The zero-order chi connectivity index (χ0) is 23.3. The van der Waals surface area contributed by atoms with Crippen LogP contribution in [0.3, 0.4) is 0 Å². The third-order valence-electron chi connectivity index (χ3n) is 4.53. The molecule has 0 unspecified atom stereocenters. The molecule has 1 heterocycles. The predicted octanol–water partition coefficient (Wildman–Crippen LogP) is 3.16. The molecule has 32 heavy (non-hydrogen) atoms. The number of benzene rings is 2. The van der Waals surface area contributed by atoms with Crippen LogP contribution in [0.4, 0.5) is 10.5 Å². The first kappa shape index (κ1) is 22.8. The average Bonchev–Trinajstić information content (AvgIpc) is 2.77. The van der Waals surface area contributed by atoms with Crippen molar-refractivity contribution in [2.45, 2.75) is 26.4 Å². The molecule has 0 spiro atoms. The van der Waals surface area contributed by atoms with Crippen molar-refractivity contribution in [3.8, 4) is 0 Å². The summed E-state index contributed by atoms with van der Waals surface area (Å²) in [5.41, 5.74) is 5.96. The molecule has 0 aliphatic rings. The van der Waals surface area contributed by atoms with E-state index >= 15 is 0 Å². The lowest BCUT2D eigenvalue weighted by molar-refractivity contribution is 0.166. The molecule has 0 aliphatic carbocycles. The Bertz CT molecular complexity index is 1250. The van der Waals surface area contributed by atoms with Crippen LogP contribution in [0, 0.1) is 0 Å². The number of nitrogens with two attached hydrogens (primary N) is 1. The van der Waals surface area contributed by atoms with E-state index in [0.717, 1.165) is 10.1 Å². The van der Waals surface area contributed by atoms with E-state index in [1.165, 1.54) is 10.8 Å². The molecule has 0 bridgehead atoms. The van der Waals surface area contributed by atoms with Crippen LogP contribution in [0.5, 0.6) is 0 Å². The van der Waals surface area contributed by atoms with Gasteiger partial charge in [0.25, 0.3) is 5.56 Å². The molecule has 1 aromatic heterocycles. The Morgan fingerprint density at radius 3 is 2.41 bits per heavy atom. The van der Waals surface area contributed by atoms with E-state index in [9.17, 15) is 14.4 Å². The molecule has 166 valence electrons. The van der Waals surface area contributed by atoms with Crippen LogP contribution in [-0.4, -0.2) is 21.1 Å². The smallest absolute Gasteiger partial charge is 0.380 e. The molecule has 0 saturated carbocycles. The zero-order valence-electron chi connectivity index (χ0n) is 17.5. The van der Waals surface area contributed by atoms with Gasteiger partial charge in [-0.1, -0.05) is 47.1 Å². The van der Waals surface area contributed by atoms with Crippen molar-refractivity contribution >= 4 is 29.2 Å². The highest BCUT2D eigenvalue weighted by molar-refractivity contribution is 6.30. The van der Waals surface area contributed by atoms with Gasteiger partial charge in [0, 0.05) is 22.9 Å². The summed E-state index contributed by atoms with van der Waals surface area (Å²) < 4.78 is 2.44. The van der Waals surface area contributed by atoms with E-state index in [2.05, 4.69) is 10.5 Å². The monoisotopic (exact) mass is 455 g/mol. The van der Waals surface area contributed by atoms with Crippen LogP contribution in [0.1, 0.15) is 31.0 Å². The predicted molar refractivity (Wildman–Crippen MR) is 123 cm³/mol. The summed E-state index contributed by atoms with van der Waals surface area (Å²) in [6, 6.07) is 15.2. The fourth-order valence-corrected chi connectivity index (χ4v) is 3.01. The zero-order valence-corrected chi connectivity index (χ0v) is 18.2. The second-order valence-corrected chi connectivity index (χ2v) is 7.63. The van der Waals surface area contributed by atoms with Crippen LogP contribution < -0.4 is 22.3 Å². The van der Waals surface area contributed by atoms with E-state index < -0.39 is 17.3 Å². The summed E-state index contributed by atoms with van der Waals surface area (Å²) >= 11 is 5.81. The Kier molecular flexibility index (Phi) is 7.11. The number of oxime groups is 1. The maximum Gasteiger partial charge on any atom is 0.437 e. The van der Waals surface area contributed by atoms with Gasteiger partial charge in [0.1, 0.15) is 5.56 Å². The summed E-state index contributed by atoms with van der Waals surface area (Å²) in [7, 11) is 0. The van der Waals surface area contributed by atoms with Crippen molar-refractivity contribution in [3.63, 3.8) is 0 Å². The number of hydrogen-bond acceptors (Lipinski definition) is 5. The third kappa shape index (κ3) is 5.44. The number of hydrogen-bond donors (Lipinski definition) is 2. The fourth-order valence-electron chi connectivity index (χ4n) is 2.89. The molecular weight excluding hydrogens is 434 g/mol. The molecule has 0 saturated heterocycles. The van der Waals surface area contributed by atoms with Gasteiger partial charge in [0.05, 0.1) is 6.54 Å². The van der Waals surface area contributed by atoms with Crippen molar-refractivity contribution in [3.05, 3.63) is 97.8 Å². The van der Waals surface area contributed by atoms with Crippen LogP contribution in [0.2, 0.25) is 5.02 Å². The first-order chi connectivity index (χ1) is 15.3. The number of amidine groups is 1. The number of carbonyl (C=O) groups excluding carboxylic acids is 1. The lowest BCUT2D eigenvalue weighted by atomic mass is 10.2. The fraction of sp³-hybridized carbons (Fsp3) is 0.182. The minimum absolute atomic E-state index is 0.0598. The number of amides is 1. The minimum Gasteiger partial charge on any atom is -0.380 e. The Morgan fingerprint density at radius 2 is 1.78 bits per heavy atom. The number of halogens is 1. The second-order valence-electron chi connectivity index (χ2n) is 7.19. The van der Waals surface area contributed by atoms with E-state index in [-0.39, 0.29) is 24.0 Å². The molecule has 2 aromatic carbocycles. The SMILES string of the molecule is CC(C)n1cc(/C(N)=N/OC(=O)Nc2ccc(Cl)cc2)c(=O)n(Cc2ccccc2)c1=O. The van der Waals surface area contributed by atoms with E-state index in [1.54, 1.807) is 50.2 Å². The number of aromatic nitrogens is 2. The Morgan fingerprint density at radius 1 is 1.12 bits per heavy atom. The molecule has 9 nitrogen and oxygen atoms in total. The number of rotatable bonds is 6. The van der Waals surface area contributed by atoms with Crippen molar-refractivity contribution in [2.24, 2.45) is 10.9 Å². The van der Waals surface area contributed by atoms with Gasteiger partial charge < -0.3 is 5.73 Å². The lowest BCUT2D eigenvalue weighted by Gasteiger charge is -2.15. The van der Waals surface area contributed by atoms with E-state index in [0.29, 0.717) is 10.7 Å². The maximum atomic E-state index is 13.0. The largest absolute Gasteiger partial charge is 0.437 e. The Balaban J connectivity index is 1.89. The Hall–Kier alpha value is -3.85. The van der Waals surface area contributed by atoms with Gasteiger partial charge in [-0.15, -0.1) is 0 Å². The number of carbonyl (C=O) groups is 1. The van der Waals surface area contributed by atoms with Crippen molar-refractivity contribution in [1.82, 2.24) is 9.13 Å². The topological polar surface area (TPSA) is 121 Å². The highest BCUT2D eigenvalue weighted by Gasteiger charge is 2.17. The summed E-state index contributed by atoms with van der Waals surface area (Å²) in [5.74, 6) is -0.336. The van der Waals surface area contributed by atoms with Crippen LogP contribution >= 0.6 is 11.6 Å². The molecule has 3 N–H and O–H groups in total. The maximum absolute atomic E-state index is 13.0. The molecule has 1 amide bonds. The molecular formula is C22H22ClN5O4. The van der Waals surface area contributed by atoms with E-state index in [1.807, 2.05) is 18.2 Å². The second kappa shape index (κ2) is 9.97. The molecule has 3 aromatic rings. The third-order valence-corrected chi connectivity index (χ3v) is 4.78. The van der Waals surface area contributed by atoms with Gasteiger partial charge in [-0.05, 0) is 43.7 Å². The first-order valence-electron chi connectivity index (χ1n) is 9.73. The summed E-state index contributed by atoms with van der Waals surface area (Å²) in [6.07, 6.45) is 0.410. The highest BCUT2D eigenvalue weighted by Crippen LogP contribution is 2.13. The van der Waals surface area contributed by atoms with Crippen LogP contribution in [0.15, 0.2) is 75.5 Å². The molecule has 0 fully saturated rings. The Labute approximate surface area is 188 Å². The molecule has 10 heteroatoms. The number of nitrogens with one attached hydrogen (secondary N) is 1. The van der Waals surface area contributed by atoms with Gasteiger partial charge in [-0.25, -0.2) is 9.59 Å². The molecule has 0 atom stereocenters. The molecule has 3 rings (SSSR count). The average molecular weight is 456 g/mol. The number of nitrogens with zero attached hydrogens (tertiary/aromatic N) is 3. The van der Waals surface area contributed by atoms with Crippen molar-refractivity contribution in [2.75, 3.05) is 5.32 Å². The van der Waals surface area contributed by atoms with Crippen LogP contribution in [0.25, 0.3) is 0 Å². The minimum atomic E-state index is -0.905. The van der Waals surface area contributed by atoms with Gasteiger partial charge in [-0.3, -0.25) is 24.1 Å². The number of anilines is 1. The standard InChI is InChI=1S/C22H22ClN5O4/c1-14(2)27-13-18(20(29)28(22(27)31)12-15-6-4-3-5-7-15)19(24)26-32-21(30)25-17-10-8-16(23)9-11-17/h3-11,13-14H,12H2,1-2H3,(H2,24,26)(H,25,30). The summed E-state index contributed by atoms with van der Waals surface area (Å²) in [5, 5.41) is 6.54. The van der Waals surface area contributed by atoms with Crippen molar-refractivity contribution in [1.29, 1.82) is 0 Å². The van der Waals surface area contributed by atoms with Gasteiger partial charge >= 0.3 is 11.8 Å². The normalized spacial score (nSPS) is 11.4. The van der Waals surface area contributed by atoms with Gasteiger partial charge in [0.2, 0.25) is 0 Å². The lowest BCUT2D eigenvalue weighted by Crippen LogP contribution is -2.44. The van der Waals surface area contributed by atoms with Crippen LogP contribution in [-0.2, 0) is 11.4 Å². The van der Waals surface area contributed by atoms with Crippen molar-refractivity contribution < 1.29 is 9.63 Å². The summed E-state index contributed by atoms with van der Waals surface area (Å²) in [6.45, 7) is 3.65. The highest BCUT2D eigenvalue weighted by atomic mass is 35.5.